The van der Waals surface area contributed by atoms with Gasteiger partial charge >= 0.3 is 0 Å². The first-order valence-electron chi connectivity index (χ1n) is 5.23. The van der Waals surface area contributed by atoms with E-state index < -0.39 is 0 Å². The average molecular weight is 192 g/mol. The Morgan fingerprint density at radius 2 is 2.00 bits per heavy atom. The summed E-state index contributed by atoms with van der Waals surface area (Å²) in [5.74, 6) is 0.929. The van der Waals surface area contributed by atoms with Crippen LogP contribution in [0.15, 0.2) is 30.3 Å². The molecular weight excluding hydrogens is 176 g/mol. The van der Waals surface area contributed by atoms with E-state index in [-0.39, 0.29) is 0 Å². The summed E-state index contributed by atoms with van der Waals surface area (Å²) in [7, 11) is 0. The Kier molecular flexibility index (Phi) is 3.04. The van der Waals surface area contributed by atoms with Gasteiger partial charge in [0.2, 0.25) is 0 Å². The summed E-state index contributed by atoms with van der Waals surface area (Å²) in [6.45, 7) is 2.87. The molecule has 2 rings (SSSR count). The van der Waals surface area contributed by atoms with Crippen molar-refractivity contribution in [3.05, 3.63) is 30.3 Å². The summed E-state index contributed by atoms with van der Waals surface area (Å²) in [4.78, 5) is 0. The van der Waals surface area contributed by atoms with Crippen molar-refractivity contribution in [2.24, 2.45) is 0 Å². The molecule has 0 aliphatic carbocycles. The second-order valence-corrected chi connectivity index (χ2v) is 3.63. The summed E-state index contributed by atoms with van der Waals surface area (Å²) in [6, 6.07) is 9.88. The third-order valence-electron chi connectivity index (χ3n) is 2.42. The predicted molar refractivity (Wildman–Crippen MR) is 55.5 cm³/mol. The van der Waals surface area contributed by atoms with Crippen LogP contribution in [0.1, 0.15) is 19.8 Å². The maximum atomic E-state index is 5.58. The first kappa shape index (κ1) is 9.53. The Morgan fingerprint density at radius 1 is 1.21 bits per heavy atom. The number of hydrogen-bond donors (Lipinski definition) is 0. The van der Waals surface area contributed by atoms with Crippen molar-refractivity contribution in [2.45, 2.75) is 32.0 Å². The molecule has 2 atom stereocenters. The van der Waals surface area contributed by atoms with Crippen molar-refractivity contribution in [1.29, 1.82) is 0 Å². The van der Waals surface area contributed by atoms with Gasteiger partial charge in [-0.3, -0.25) is 0 Å². The molecule has 2 nitrogen and oxygen atoms in total. The van der Waals surface area contributed by atoms with Crippen molar-refractivity contribution in [3.63, 3.8) is 0 Å². The lowest BCUT2D eigenvalue weighted by Crippen LogP contribution is -2.07. The molecule has 0 aromatic heterocycles. The molecule has 76 valence electrons. The highest BCUT2D eigenvalue weighted by Crippen LogP contribution is 2.27. The molecule has 0 bridgehead atoms. The Labute approximate surface area is 84.8 Å². The SMILES string of the molecule is CCC[C@@H]1O[C@H]1COc1ccccc1. The number of para-hydroxylation sites is 1. The van der Waals surface area contributed by atoms with E-state index >= 15 is 0 Å². The van der Waals surface area contributed by atoms with Gasteiger partial charge in [-0.15, -0.1) is 0 Å². The van der Waals surface area contributed by atoms with Crippen molar-refractivity contribution in [2.75, 3.05) is 6.61 Å². The molecule has 1 fully saturated rings. The largest absolute Gasteiger partial charge is 0.491 e. The van der Waals surface area contributed by atoms with Gasteiger partial charge in [-0.2, -0.15) is 0 Å². The van der Waals surface area contributed by atoms with Crippen LogP contribution in [-0.4, -0.2) is 18.8 Å². The van der Waals surface area contributed by atoms with E-state index in [9.17, 15) is 0 Å². The van der Waals surface area contributed by atoms with E-state index in [1.165, 1.54) is 6.42 Å². The van der Waals surface area contributed by atoms with Gasteiger partial charge in [-0.05, 0) is 18.6 Å². The Morgan fingerprint density at radius 3 is 2.71 bits per heavy atom. The number of ether oxygens (including phenoxy) is 2. The Hall–Kier alpha value is -1.02. The van der Waals surface area contributed by atoms with E-state index in [4.69, 9.17) is 9.47 Å². The van der Waals surface area contributed by atoms with Crippen LogP contribution in [-0.2, 0) is 4.74 Å². The molecule has 0 radical (unpaired) electrons. The van der Waals surface area contributed by atoms with Crippen molar-refractivity contribution in [3.8, 4) is 5.75 Å². The molecular formula is C12H16O2. The first-order chi connectivity index (χ1) is 6.90. The third kappa shape index (κ3) is 2.48. The molecule has 0 spiro atoms. The van der Waals surface area contributed by atoms with Crippen LogP contribution in [0, 0.1) is 0 Å². The van der Waals surface area contributed by atoms with Gasteiger partial charge in [0.25, 0.3) is 0 Å². The number of epoxide rings is 1. The van der Waals surface area contributed by atoms with Crippen molar-refractivity contribution in [1.82, 2.24) is 0 Å². The molecule has 1 aromatic carbocycles. The molecule has 0 saturated carbocycles. The fourth-order valence-electron chi connectivity index (χ4n) is 1.56. The number of rotatable bonds is 5. The monoisotopic (exact) mass is 192 g/mol. The van der Waals surface area contributed by atoms with Gasteiger partial charge < -0.3 is 9.47 Å². The maximum Gasteiger partial charge on any atom is 0.119 e. The van der Waals surface area contributed by atoms with E-state index in [0.717, 1.165) is 12.2 Å². The average Bonchev–Trinajstić information content (AvgIpc) is 2.96. The predicted octanol–water partition coefficient (Wildman–Crippen LogP) is 2.63. The standard InChI is InChI=1S/C12H16O2/c1-2-6-11-12(14-11)9-13-10-7-4-3-5-8-10/h3-5,7-8,11-12H,2,6,9H2,1H3/t11-,12-/m0/s1. The lowest BCUT2D eigenvalue weighted by Gasteiger charge is -2.02. The zero-order valence-corrected chi connectivity index (χ0v) is 8.48. The quantitative estimate of drug-likeness (QED) is 0.669. The van der Waals surface area contributed by atoms with E-state index in [0.29, 0.717) is 18.8 Å². The maximum absolute atomic E-state index is 5.58. The van der Waals surface area contributed by atoms with Gasteiger partial charge in [-0.1, -0.05) is 31.5 Å². The Balaban J connectivity index is 1.70. The van der Waals surface area contributed by atoms with E-state index in [2.05, 4.69) is 6.92 Å². The number of benzene rings is 1. The van der Waals surface area contributed by atoms with Crippen LogP contribution < -0.4 is 4.74 Å². The van der Waals surface area contributed by atoms with Gasteiger partial charge in [0.15, 0.2) is 0 Å². The minimum Gasteiger partial charge on any atom is -0.491 e. The first-order valence-corrected chi connectivity index (χ1v) is 5.23. The topological polar surface area (TPSA) is 21.8 Å². The van der Waals surface area contributed by atoms with Crippen molar-refractivity contribution < 1.29 is 9.47 Å². The van der Waals surface area contributed by atoms with Gasteiger partial charge in [-0.25, -0.2) is 0 Å². The summed E-state index contributed by atoms with van der Waals surface area (Å²) in [5, 5.41) is 0. The minimum absolute atomic E-state index is 0.329. The van der Waals surface area contributed by atoms with Crippen LogP contribution in [0.3, 0.4) is 0 Å². The summed E-state index contributed by atoms with van der Waals surface area (Å²) in [5.41, 5.74) is 0. The zero-order valence-electron chi connectivity index (χ0n) is 8.48. The van der Waals surface area contributed by atoms with Crippen LogP contribution >= 0.6 is 0 Å². The molecule has 1 aliphatic rings. The molecule has 1 aromatic rings. The summed E-state index contributed by atoms with van der Waals surface area (Å²) in [6.07, 6.45) is 3.12. The number of hydrogen-bond acceptors (Lipinski definition) is 2. The zero-order chi connectivity index (χ0) is 9.80. The van der Waals surface area contributed by atoms with Crippen LogP contribution in [0.25, 0.3) is 0 Å². The second kappa shape index (κ2) is 4.47. The summed E-state index contributed by atoms with van der Waals surface area (Å²) < 4.78 is 11.0. The fraction of sp³-hybridized carbons (Fsp3) is 0.500. The molecule has 0 unspecified atom stereocenters. The van der Waals surface area contributed by atoms with Crippen LogP contribution in [0.2, 0.25) is 0 Å². The van der Waals surface area contributed by atoms with Gasteiger partial charge in [0, 0.05) is 0 Å². The van der Waals surface area contributed by atoms with Gasteiger partial charge in [0.1, 0.15) is 18.5 Å². The normalized spacial score (nSPS) is 24.6. The molecule has 1 saturated heterocycles. The van der Waals surface area contributed by atoms with E-state index in [1.807, 2.05) is 30.3 Å². The molecule has 1 aliphatic heterocycles. The van der Waals surface area contributed by atoms with Crippen molar-refractivity contribution >= 4 is 0 Å². The lowest BCUT2D eigenvalue weighted by molar-refractivity contribution is 0.259. The summed E-state index contributed by atoms with van der Waals surface area (Å²) >= 11 is 0. The highest BCUT2D eigenvalue weighted by molar-refractivity contribution is 5.21. The molecule has 2 heteroatoms. The molecule has 14 heavy (non-hydrogen) atoms. The van der Waals surface area contributed by atoms with Crippen LogP contribution in [0.5, 0.6) is 5.75 Å². The lowest BCUT2D eigenvalue weighted by atomic mass is 10.2. The molecule has 0 N–H and O–H groups in total. The van der Waals surface area contributed by atoms with Crippen LogP contribution in [0.4, 0.5) is 0 Å². The third-order valence-corrected chi connectivity index (χ3v) is 2.42. The molecule has 0 amide bonds. The molecule has 1 heterocycles. The Bertz CT molecular complexity index is 271. The highest BCUT2D eigenvalue weighted by Gasteiger charge is 2.38. The minimum atomic E-state index is 0.329. The fourth-order valence-corrected chi connectivity index (χ4v) is 1.56. The van der Waals surface area contributed by atoms with Gasteiger partial charge in [0.05, 0.1) is 6.10 Å². The second-order valence-electron chi connectivity index (χ2n) is 3.63. The smallest absolute Gasteiger partial charge is 0.119 e. The highest BCUT2D eigenvalue weighted by atomic mass is 16.6. The van der Waals surface area contributed by atoms with E-state index in [1.54, 1.807) is 0 Å².